The zero-order valence-electron chi connectivity index (χ0n) is 11.3. The molecule has 0 fully saturated rings. The number of rotatable bonds is 4. The number of allylic oxidation sites excluding steroid dienone is 1. The quantitative estimate of drug-likeness (QED) is 0.672. The molecule has 0 bridgehead atoms. The van der Waals surface area contributed by atoms with Crippen molar-refractivity contribution in [1.82, 2.24) is 0 Å². The molecule has 0 saturated heterocycles. The van der Waals surface area contributed by atoms with Crippen LogP contribution in [-0.4, -0.2) is 11.1 Å². The third kappa shape index (κ3) is 2.99. The van der Waals surface area contributed by atoms with Crippen LogP contribution in [0.3, 0.4) is 0 Å². The zero-order valence-corrected chi connectivity index (χ0v) is 12.0. The van der Waals surface area contributed by atoms with Gasteiger partial charge in [0.25, 0.3) is 0 Å². The molecule has 1 N–H and O–H groups in total. The molecule has 0 unspecified atom stereocenters. The van der Waals surface area contributed by atoms with Gasteiger partial charge in [-0.05, 0) is 30.7 Å². The summed E-state index contributed by atoms with van der Waals surface area (Å²) < 4.78 is 5.61. The van der Waals surface area contributed by atoms with Crippen LogP contribution in [0.15, 0.2) is 46.4 Å². The lowest BCUT2D eigenvalue weighted by Gasteiger charge is -2.02. The number of nitrogens with zero attached hydrogens (tertiary/aromatic N) is 1. The van der Waals surface area contributed by atoms with Crippen LogP contribution < -0.4 is 0 Å². The van der Waals surface area contributed by atoms with E-state index in [-0.39, 0.29) is 23.3 Å². The Morgan fingerprint density at radius 1 is 1.33 bits per heavy atom. The van der Waals surface area contributed by atoms with E-state index in [1.807, 2.05) is 12.1 Å². The molecule has 1 heterocycles. The van der Waals surface area contributed by atoms with Crippen molar-refractivity contribution in [1.29, 1.82) is 5.26 Å². The highest BCUT2D eigenvalue weighted by atomic mass is 35.5. The number of aliphatic carboxylic acids is 1. The molecule has 4 nitrogen and oxygen atoms in total. The van der Waals surface area contributed by atoms with Crippen LogP contribution in [0.1, 0.15) is 19.1 Å². The molecule has 106 valence electrons. The summed E-state index contributed by atoms with van der Waals surface area (Å²) in [6, 6.07) is 12.3. The number of benzene rings is 1. The highest BCUT2D eigenvalue weighted by Crippen LogP contribution is 2.32. The molecule has 1 aromatic heterocycles. The Labute approximate surface area is 126 Å². The Balaban J connectivity index is 2.52. The smallest absolute Gasteiger partial charge is 0.333 e. The second kappa shape index (κ2) is 6.29. The molecule has 0 spiro atoms. The molecule has 21 heavy (non-hydrogen) atoms. The molecule has 1 aromatic carbocycles. The fraction of sp³-hybridized carbons (Fsp3) is 0.125. The predicted octanol–water partition coefficient (Wildman–Crippen LogP) is 4.37. The summed E-state index contributed by atoms with van der Waals surface area (Å²) in [6.45, 7) is 1.68. The third-order valence-electron chi connectivity index (χ3n) is 3.02. The van der Waals surface area contributed by atoms with Gasteiger partial charge in [0.2, 0.25) is 0 Å². The Morgan fingerprint density at radius 3 is 2.62 bits per heavy atom. The maximum absolute atomic E-state index is 11.2. The van der Waals surface area contributed by atoms with E-state index in [1.165, 1.54) is 0 Å². The van der Waals surface area contributed by atoms with Crippen molar-refractivity contribution in [2.45, 2.75) is 13.3 Å². The first-order valence-electron chi connectivity index (χ1n) is 6.30. The predicted molar refractivity (Wildman–Crippen MR) is 79.6 cm³/mol. The number of furan rings is 1. The molecule has 0 amide bonds. The second-order valence-corrected chi connectivity index (χ2v) is 4.68. The van der Waals surface area contributed by atoms with E-state index in [1.54, 1.807) is 37.3 Å². The van der Waals surface area contributed by atoms with Gasteiger partial charge in [-0.1, -0.05) is 30.7 Å². The Bertz CT molecular complexity index is 753. The van der Waals surface area contributed by atoms with Crippen molar-refractivity contribution >= 4 is 23.1 Å². The van der Waals surface area contributed by atoms with Gasteiger partial charge in [0.1, 0.15) is 23.2 Å². The number of halogens is 1. The lowest BCUT2D eigenvalue weighted by Crippen LogP contribution is -2.02. The third-order valence-corrected chi connectivity index (χ3v) is 3.35. The maximum atomic E-state index is 11.2. The molecule has 0 aliphatic rings. The molecule has 5 heteroatoms. The Morgan fingerprint density at radius 2 is 2.05 bits per heavy atom. The first-order valence-corrected chi connectivity index (χ1v) is 6.68. The first-order chi connectivity index (χ1) is 10.1. The molecule has 0 atom stereocenters. The van der Waals surface area contributed by atoms with E-state index >= 15 is 0 Å². The lowest BCUT2D eigenvalue weighted by molar-refractivity contribution is -0.132. The van der Waals surface area contributed by atoms with Crippen LogP contribution >= 0.6 is 11.6 Å². The average molecular weight is 302 g/mol. The summed E-state index contributed by atoms with van der Waals surface area (Å²) in [6.07, 6.45) is 0.236. The highest BCUT2D eigenvalue weighted by Gasteiger charge is 2.18. The van der Waals surface area contributed by atoms with Crippen LogP contribution in [0.5, 0.6) is 0 Å². The standard InChI is InChI=1S/C16H12ClNO3/c1-2-10(16(19)20)12(9-18)15-8-7-14(21-15)11-5-3-4-6-13(11)17/h3-8H,2H2,1H3,(H,19,20). The fourth-order valence-corrected chi connectivity index (χ4v) is 2.21. The first kappa shape index (κ1) is 14.9. The summed E-state index contributed by atoms with van der Waals surface area (Å²) in [7, 11) is 0. The van der Waals surface area contributed by atoms with Crippen molar-refractivity contribution in [3.63, 3.8) is 0 Å². The topological polar surface area (TPSA) is 74.2 Å². The van der Waals surface area contributed by atoms with Gasteiger partial charge in [0.15, 0.2) is 0 Å². The summed E-state index contributed by atoms with van der Waals surface area (Å²) in [5, 5.41) is 18.9. The summed E-state index contributed by atoms with van der Waals surface area (Å²) in [5.41, 5.74) is 0.747. The molecule has 0 saturated carbocycles. The van der Waals surface area contributed by atoms with Crippen LogP contribution in [-0.2, 0) is 4.79 Å². The molecule has 2 rings (SSSR count). The number of hydrogen-bond donors (Lipinski definition) is 1. The van der Waals surface area contributed by atoms with Crippen molar-refractivity contribution < 1.29 is 14.3 Å². The van der Waals surface area contributed by atoms with Crippen molar-refractivity contribution in [2.75, 3.05) is 0 Å². The van der Waals surface area contributed by atoms with Crippen LogP contribution in [0, 0.1) is 11.3 Å². The summed E-state index contributed by atoms with van der Waals surface area (Å²) >= 11 is 6.09. The summed E-state index contributed by atoms with van der Waals surface area (Å²) in [4.78, 5) is 11.2. The number of hydrogen-bond acceptors (Lipinski definition) is 3. The van der Waals surface area contributed by atoms with Crippen molar-refractivity contribution in [3.8, 4) is 17.4 Å². The van der Waals surface area contributed by atoms with E-state index in [4.69, 9.17) is 21.1 Å². The van der Waals surface area contributed by atoms with E-state index in [0.717, 1.165) is 0 Å². The molecular weight excluding hydrogens is 290 g/mol. The molecule has 0 radical (unpaired) electrons. The second-order valence-electron chi connectivity index (χ2n) is 4.27. The van der Waals surface area contributed by atoms with Gasteiger partial charge >= 0.3 is 5.97 Å². The maximum Gasteiger partial charge on any atom is 0.333 e. The van der Waals surface area contributed by atoms with E-state index in [0.29, 0.717) is 16.3 Å². The van der Waals surface area contributed by atoms with Gasteiger partial charge in [-0.3, -0.25) is 0 Å². The van der Waals surface area contributed by atoms with Crippen LogP contribution in [0.2, 0.25) is 5.02 Å². The zero-order chi connectivity index (χ0) is 15.4. The monoisotopic (exact) mass is 301 g/mol. The minimum atomic E-state index is -1.12. The SMILES string of the molecule is CCC(C(=O)O)=C(C#N)c1ccc(-c2ccccc2Cl)o1. The van der Waals surface area contributed by atoms with E-state index < -0.39 is 5.97 Å². The van der Waals surface area contributed by atoms with Crippen molar-refractivity contribution in [3.05, 3.63) is 52.8 Å². The van der Waals surface area contributed by atoms with E-state index in [2.05, 4.69) is 0 Å². The van der Waals surface area contributed by atoms with Gasteiger partial charge in [-0.2, -0.15) is 5.26 Å². The number of carboxylic acids is 1. The lowest BCUT2D eigenvalue weighted by atomic mass is 10.1. The number of carboxylic acid groups (broad SMARTS) is 1. The average Bonchev–Trinajstić information content (AvgIpc) is 2.93. The minimum Gasteiger partial charge on any atom is -0.478 e. The van der Waals surface area contributed by atoms with Gasteiger partial charge in [-0.15, -0.1) is 0 Å². The Kier molecular flexibility index (Phi) is 4.46. The fourth-order valence-electron chi connectivity index (χ4n) is 1.98. The van der Waals surface area contributed by atoms with Gasteiger partial charge < -0.3 is 9.52 Å². The van der Waals surface area contributed by atoms with Crippen molar-refractivity contribution in [2.24, 2.45) is 0 Å². The van der Waals surface area contributed by atoms with Gasteiger partial charge in [0.05, 0.1) is 10.6 Å². The molecule has 0 aliphatic carbocycles. The van der Waals surface area contributed by atoms with E-state index in [9.17, 15) is 10.1 Å². The minimum absolute atomic E-state index is 0.0255. The normalized spacial score (nSPS) is 11.7. The molecule has 0 aliphatic heterocycles. The summed E-state index contributed by atoms with van der Waals surface area (Å²) in [5.74, 6) is -0.402. The Hall–Kier alpha value is -2.51. The van der Waals surface area contributed by atoms with Crippen LogP contribution in [0.25, 0.3) is 16.9 Å². The van der Waals surface area contributed by atoms with Gasteiger partial charge in [0, 0.05) is 5.56 Å². The number of carbonyl (C=O) groups is 1. The van der Waals surface area contributed by atoms with Gasteiger partial charge in [-0.25, -0.2) is 4.79 Å². The molecular formula is C16H12ClNO3. The number of nitriles is 1. The highest BCUT2D eigenvalue weighted by molar-refractivity contribution is 6.33. The van der Waals surface area contributed by atoms with Crippen LogP contribution in [0.4, 0.5) is 0 Å². The molecule has 2 aromatic rings. The largest absolute Gasteiger partial charge is 0.478 e.